The van der Waals surface area contributed by atoms with Gasteiger partial charge in [-0.05, 0) is 12.1 Å². The molecule has 0 bridgehead atoms. The van der Waals surface area contributed by atoms with Crippen molar-refractivity contribution in [1.29, 1.82) is 0 Å². The number of ether oxygens (including phenoxy) is 2. The number of nitrogens with two attached hydrogens (primary N) is 1. The Balaban J connectivity index is 2.18. The van der Waals surface area contributed by atoms with Crippen LogP contribution in [0.1, 0.15) is 6.42 Å². The number of benzene rings is 1. The Bertz CT molecular complexity index is 382. The smallest absolute Gasteiger partial charge is 0.411 e. The summed E-state index contributed by atoms with van der Waals surface area (Å²) in [7, 11) is 0. The highest BCUT2D eigenvalue weighted by atomic mass is 19.4. The molecule has 1 rings (SSSR count). The maximum Gasteiger partial charge on any atom is 0.411 e. The number of hydrogen-bond donors (Lipinski definition) is 1. The van der Waals surface area contributed by atoms with Crippen molar-refractivity contribution in [3.63, 3.8) is 0 Å². The molecule has 0 unspecified atom stereocenters. The van der Waals surface area contributed by atoms with E-state index in [4.69, 9.17) is 10.5 Å². The van der Waals surface area contributed by atoms with E-state index in [-0.39, 0.29) is 31.1 Å². The minimum absolute atomic E-state index is 0.0139. The Morgan fingerprint density at radius 1 is 1.17 bits per heavy atom. The molecule has 0 radical (unpaired) electrons. The van der Waals surface area contributed by atoms with Crippen LogP contribution in [0.3, 0.4) is 0 Å². The van der Waals surface area contributed by atoms with Gasteiger partial charge in [0, 0.05) is 18.2 Å². The summed E-state index contributed by atoms with van der Waals surface area (Å²) < 4.78 is 57.7. The van der Waals surface area contributed by atoms with Crippen LogP contribution in [0.15, 0.2) is 18.2 Å². The lowest BCUT2D eigenvalue weighted by atomic mass is 10.3. The van der Waals surface area contributed by atoms with Crippen molar-refractivity contribution in [2.45, 2.75) is 12.6 Å². The fourth-order valence-corrected chi connectivity index (χ4v) is 1.17. The zero-order valence-electron chi connectivity index (χ0n) is 9.47. The van der Waals surface area contributed by atoms with E-state index in [9.17, 15) is 17.6 Å². The fraction of sp³-hybridized carbons (Fsp3) is 0.455. The van der Waals surface area contributed by atoms with Gasteiger partial charge in [0.15, 0.2) is 11.6 Å². The van der Waals surface area contributed by atoms with Crippen LogP contribution in [0.4, 0.5) is 23.2 Å². The second kappa shape index (κ2) is 6.44. The summed E-state index contributed by atoms with van der Waals surface area (Å²) in [6, 6.07) is 3.94. The first kappa shape index (κ1) is 14.6. The van der Waals surface area contributed by atoms with Crippen LogP contribution in [0.5, 0.6) is 5.75 Å². The molecule has 102 valence electrons. The van der Waals surface area contributed by atoms with E-state index >= 15 is 0 Å². The molecule has 1 aromatic carbocycles. The number of halogens is 4. The normalized spacial score (nSPS) is 11.6. The minimum Gasteiger partial charge on any atom is -0.490 e. The Kier molecular flexibility index (Phi) is 5.21. The van der Waals surface area contributed by atoms with Crippen molar-refractivity contribution in [2.24, 2.45) is 0 Å². The van der Waals surface area contributed by atoms with E-state index in [0.717, 1.165) is 6.07 Å². The van der Waals surface area contributed by atoms with Gasteiger partial charge in [-0.25, -0.2) is 4.39 Å². The minimum atomic E-state index is -4.33. The van der Waals surface area contributed by atoms with Gasteiger partial charge in [-0.3, -0.25) is 0 Å². The van der Waals surface area contributed by atoms with E-state index in [0.29, 0.717) is 0 Å². The van der Waals surface area contributed by atoms with Crippen LogP contribution in [0.2, 0.25) is 0 Å². The van der Waals surface area contributed by atoms with Gasteiger partial charge in [0.1, 0.15) is 6.61 Å². The largest absolute Gasteiger partial charge is 0.490 e. The Labute approximate surface area is 101 Å². The van der Waals surface area contributed by atoms with E-state index in [1.807, 2.05) is 0 Å². The lowest BCUT2D eigenvalue weighted by Crippen LogP contribution is -2.18. The molecule has 0 aliphatic rings. The van der Waals surface area contributed by atoms with Gasteiger partial charge >= 0.3 is 6.18 Å². The van der Waals surface area contributed by atoms with Crippen LogP contribution in [-0.4, -0.2) is 26.0 Å². The molecule has 0 aliphatic carbocycles. The van der Waals surface area contributed by atoms with E-state index < -0.39 is 18.6 Å². The number of anilines is 1. The second-order valence-corrected chi connectivity index (χ2v) is 3.56. The Morgan fingerprint density at radius 2 is 1.89 bits per heavy atom. The predicted molar refractivity (Wildman–Crippen MR) is 57.8 cm³/mol. The highest BCUT2D eigenvalue weighted by Crippen LogP contribution is 2.19. The Hall–Kier alpha value is -1.50. The molecule has 0 saturated carbocycles. The maximum absolute atomic E-state index is 13.2. The molecule has 1 aromatic rings. The van der Waals surface area contributed by atoms with Crippen LogP contribution in [0.25, 0.3) is 0 Å². The first-order valence-corrected chi connectivity index (χ1v) is 5.21. The predicted octanol–water partition coefficient (Wildman–Crippen LogP) is 2.76. The highest BCUT2D eigenvalue weighted by Gasteiger charge is 2.27. The van der Waals surface area contributed by atoms with Crippen molar-refractivity contribution >= 4 is 5.69 Å². The summed E-state index contributed by atoms with van der Waals surface area (Å²) in [5, 5.41) is 0. The summed E-state index contributed by atoms with van der Waals surface area (Å²) in [5.41, 5.74) is 5.61. The summed E-state index contributed by atoms with van der Waals surface area (Å²) in [6.45, 7) is -1.32. The van der Waals surface area contributed by atoms with Crippen LogP contribution in [-0.2, 0) is 4.74 Å². The zero-order valence-corrected chi connectivity index (χ0v) is 9.47. The van der Waals surface area contributed by atoms with Crippen molar-refractivity contribution in [3.05, 3.63) is 24.0 Å². The molecule has 0 amide bonds. The van der Waals surface area contributed by atoms with Gasteiger partial charge in [-0.2, -0.15) is 13.2 Å². The summed E-state index contributed by atoms with van der Waals surface area (Å²) in [4.78, 5) is 0. The van der Waals surface area contributed by atoms with Gasteiger partial charge in [-0.15, -0.1) is 0 Å². The SMILES string of the molecule is Nc1ccc(OCCCOCC(F)(F)F)c(F)c1. The standard InChI is InChI=1S/C11H13F4NO2/c12-9-6-8(16)2-3-10(9)18-5-1-4-17-7-11(13,14)15/h2-3,6H,1,4-5,7,16H2. The zero-order chi connectivity index (χ0) is 13.6. The van der Waals surface area contributed by atoms with Crippen LogP contribution >= 0.6 is 0 Å². The molecule has 18 heavy (non-hydrogen) atoms. The van der Waals surface area contributed by atoms with E-state index in [2.05, 4.69) is 4.74 Å². The quantitative estimate of drug-likeness (QED) is 0.489. The molecular weight excluding hydrogens is 254 g/mol. The third kappa shape index (κ3) is 5.72. The summed E-state index contributed by atoms with van der Waals surface area (Å²) in [6.07, 6.45) is -4.09. The number of rotatable bonds is 6. The van der Waals surface area contributed by atoms with Gasteiger partial charge < -0.3 is 15.2 Å². The van der Waals surface area contributed by atoms with Crippen LogP contribution < -0.4 is 10.5 Å². The maximum atomic E-state index is 13.2. The van der Waals surface area contributed by atoms with Crippen molar-refractivity contribution < 1.29 is 27.0 Å². The number of alkyl halides is 3. The lowest BCUT2D eigenvalue weighted by Gasteiger charge is -2.09. The lowest BCUT2D eigenvalue weighted by molar-refractivity contribution is -0.174. The first-order chi connectivity index (χ1) is 8.38. The average molecular weight is 267 g/mol. The van der Waals surface area contributed by atoms with Crippen LogP contribution in [0, 0.1) is 5.82 Å². The number of nitrogen functional groups attached to an aromatic ring is 1. The monoisotopic (exact) mass is 267 g/mol. The van der Waals surface area contributed by atoms with Gasteiger partial charge in [0.2, 0.25) is 0 Å². The summed E-state index contributed by atoms with van der Waals surface area (Å²) >= 11 is 0. The average Bonchev–Trinajstić information content (AvgIpc) is 2.24. The highest BCUT2D eigenvalue weighted by molar-refractivity contribution is 5.42. The first-order valence-electron chi connectivity index (χ1n) is 5.21. The molecule has 0 heterocycles. The van der Waals surface area contributed by atoms with Crippen molar-refractivity contribution in [1.82, 2.24) is 0 Å². The van der Waals surface area contributed by atoms with Gasteiger partial charge in [0.25, 0.3) is 0 Å². The Morgan fingerprint density at radius 3 is 2.50 bits per heavy atom. The molecule has 3 nitrogen and oxygen atoms in total. The third-order valence-corrected chi connectivity index (χ3v) is 1.91. The molecule has 0 atom stereocenters. The van der Waals surface area contributed by atoms with Gasteiger partial charge in [0.05, 0.1) is 13.2 Å². The van der Waals surface area contributed by atoms with Gasteiger partial charge in [-0.1, -0.05) is 0 Å². The fourth-order valence-electron chi connectivity index (χ4n) is 1.17. The van der Waals surface area contributed by atoms with Crippen molar-refractivity contribution in [2.75, 3.05) is 25.6 Å². The molecule has 0 aromatic heterocycles. The molecule has 0 spiro atoms. The van der Waals surface area contributed by atoms with E-state index in [1.165, 1.54) is 12.1 Å². The molecule has 7 heteroatoms. The topological polar surface area (TPSA) is 44.5 Å². The molecule has 0 saturated heterocycles. The summed E-state index contributed by atoms with van der Waals surface area (Å²) in [5.74, 6) is -0.591. The van der Waals surface area contributed by atoms with E-state index in [1.54, 1.807) is 0 Å². The molecular formula is C11H13F4NO2. The molecule has 2 N–H and O–H groups in total. The molecule has 0 aliphatic heterocycles. The van der Waals surface area contributed by atoms with Crippen molar-refractivity contribution in [3.8, 4) is 5.75 Å². The molecule has 0 fully saturated rings. The second-order valence-electron chi connectivity index (χ2n) is 3.56. The third-order valence-electron chi connectivity index (χ3n) is 1.91. The number of hydrogen-bond acceptors (Lipinski definition) is 3.